The van der Waals surface area contributed by atoms with Gasteiger partial charge in [0.05, 0.1) is 18.5 Å². The quantitative estimate of drug-likeness (QED) is 0.151. The van der Waals surface area contributed by atoms with E-state index in [1.54, 1.807) is 41.2 Å². The maximum atomic E-state index is 12.8. The predicted octanol–water partition coefficient (Wildman–Crippen LogP) is 7.03. The zero-order chi connectivity index (χ0) is 27.4. The van der Waals surface area contributed by atoms with Crippen molar-refractivity contribution in [3.8, 4) is 28.4 Å². The lowest BCUT2D eigenvalue weighted by Gasteiger charge is -2.11. The summed E-state index contributed by atoms with van der Waals surface area (Å²) >= 11 is 6.06. The first-order valence-corrected chi connectivity index (χ1v) is 13.8. The highest BCUT2D eigenvalue weighted by atomic mass is 35.5. The van der Waals surface area contributed by atoms with Gasteiger partial charge in [0.25, 0.3) is 0 Å². The van der Waals surface area contributed by atoms with Gasteiger partial charge in [-0.15, -0.1) is 0 Å². The molecule has 0 radical (unpaired) electrons. The second-order valence-electron chi connectivity index (χ2n) is 8.66. The number of hydrogen-bond donors (Lipinski definition) is 0. The van der Waals surface area contributed by atoms with E-state index >= 15 is 0 Å². The van der Waals surface area contributed by atoms with Gasteiger partial charge >= 0.3 is 10.1 Å². The summed E-state index contributed by atoms with van der Waals surface area (Å²) in [4.78, 5) is 4.75. The van der Waals surface area contributed by atoms with E-state index in [4.69, 9.17) is 25.6 Å². The Morgan fingerprint density at radius 3 is 2.28 bits per heavy atom. The number of nitrogens with zero attached hydrogens (tertiary/aromatic N) is 3. The smallest absolute Gasteiger partial charge is 0.339 e. The van der Waals surface area contributed by atoms with Crippen LogP contribution in [0.3, 0.4) is 0 Å². The Balaban J connectivity index is 1.45. The first-order chi connectivity index (χ1) is 18.8. The Bertz CT molecular complexity index is 1730. The molecule has 0 fully saturated rings. The van der Waals surface area contributed by atoms with Crippen LogP contribution in [0, 0.1) is 6.92 Å². The van der Waals surface area contributed by atoms with Crippen molar-refractivity contribution in [1.29, 1.82) is 0 Å². The number of hydrogen-bond acceptors (Lipinski definition) is 6. The third-order valence-corrected chi connectivity index (χ3v) is 7.37. The molecule has 0 aliphatic carbocycles. The van der Waals surface area contributed by atoms with Gasteiger partial charge in [0, 0.05) is 22.9 Å². The topological polar surface area (TPSA) is 82.8 Å². The van der Waals surface area contributed by atoms with E-state index < -0.39 is 10.1 Å². The minimum absolute atomic E-state index is 0.0615. The number of halogens is 1. The van der Waals surface area contributed by atoms with Crippen LogP contribution in [0.1, 0.15) is 11.1 Å². The number of aromatic nitrogens is 2. The monoisotopic (exact) mass is 557 g/mol. The van der Waals surface area contributed by atoms with Crippen LogP contribution in [0.5, 0.6) is 11.5 Å². The van der Waals surface area contributed by atoms with E-state index in [0.717, 1.165) is 22.5 Å². The Kier molecular flexibility index (Phi) is 7.49. The van der Waals surface area contributed by atoms with E-state index in [1.165, 1.54) is 19.2 Å². The molecule has 4 aromatic carbocycles. The molecule has 39 heavy (non-hydrogen) atoms. The molecule has 1 heterocycles. The molecule has 0 aliphatic rings. The molecule has 7 nitrogen and oxygen atoms in total. The first-order valence-electron chi connectivity index (χ1n) is 12.0. The molecule has 0 aliphatic heterocycles. The highest BCUT2D eigenvalue weighted by molar-refractivity contribution is 7.87. The van der Waals surface area contributed by atoms with Crippen LogP contribution < -0.4 is 8.92 Å². The summed E-state index contributed by atoms with van der Waals surface area (Å²) in [5.41, 5.74) is 4.13. The summed E-state index contributed by atoms with van der Waals surface area (Å²) in [6, 6.07) is 30.4. The zero-order valence-electron chi connectivity index (χ0n) is 21.2. The maximum Gasteiger partial charge on any atom is 0.339 e. The van der Waals surface area contributed by atoms with E-state index in [9.17, 15) is 8.42 Å². The second kappa shape index (κ2) is 11.1. The third kappa shape index (κ3) is 6.03. The molecule has 5 rings (SSSR count). The number of benzene rings is 4. The van der Waals surface area contributed by atoms with Crippen molar-refractivity contribution in [2.75, 3.05) is 7.11 Å². The van der Waals surface area contributed by atoms with Gasteiger partial charge in [0.2, 0.25) is 0 Å². The van der Waals surface area contributed by atoms with E-state index in [-0.39, 0.29) is 16.4 Å². The van der Waals surface area contributed by atoms with Gasteiger partial charge in [0.1, 0.15) is 4.90 Å². The fourth-order valence-corrected chi connectivity index (χ4v) is 4.90. The minimum Gasteiger partial charge on any atom is -0.493 e. The van der Waals surface area contributed by atoms with Crippen LogP contribution in [-0.2, 0) is 10.1 Å². The maximum absolute atomic E-state index is 12.8. The molecule has 0 atom stereocenters. The number of aliphatic imine (C=N–C) groups is 1. The molecule has 0 N–H and O–H groups in total. The summed E-state index contributed by atoms with van der Waals surface area (Å²) < 4.78 is 38.1. The van der Waals surface area contributed by atoms with E-state index in [2.05, 4.69) is 4.99 Å². The van der Waals surface area contributed by atoms with Crippen molar-refractivity contribution in [2.24, 2.45) is 4.99 Å². The van der Waals surface area contributed by atoms with Crippen molar-refractivity contribution in [3.05, 3.63) is 119 Å². The minimum atomic E-state index is -4.03. The first kappa shape index (κ1) is 26.2. The molecule has 9 heteroatoms. The number of rotatable bonds is 8. The van der Waals surface area contributed by atoms with Gasteiger partial charge in [-0.05, 0) is 67.1 Å². The number of methoxy groups -OCH3 is 1. The summed E-state index contributed by atoms with van der Waals surface area (Å²) in [6.45, 7) is 1.88. The Morgan fingerprint density at radius 1 is 0.872 bits per heavy atom. The van der Waals surface area contributed by atoms with Crippen LogP contribution in [-0.4, -0.2) is 31.5 Å². The Hall–Kier alpha value is -4.40. The molecule has 0 amide bonds. The van der Waals surface area contributed by atoms with Crippen molar-refractivity contribution in [3.63, 3.8) is 0 Å². The standard InChI is InChI=1S/C30H24ClN3O4S/c1-21-8-15-26(16-9-21)39(35,36)38-28-17-10-22(18-29(28)37-2)20-32-30-19-27(23-11-13-24(31)14-12-23)33-34(30)25-6-4-3-5-7-25/h3-20H,1-2H3. The average Bonchev–Trinajstić information content (AvgIpc) is 3.37. The number of para-hydroxylation sites is 1. The normalized spacial score (nSPS) is 11.6. The average molecular weight is 558 g/mol. The van der Waals surface area contributed by atoms with E-state index in [0.29, 0.717) is 16.4 Å². The lowest BCUT2D eigenvalue weighted by molar-refractivity contribution is 0.390. The lowest BCUT2D eigenvalue weighted by atomic mass is 10.1. The SMILES string of the molecule is COc1cc(C=Nc2cc(-c3ccc(Cl)cc3)nn2-c2ccccc2)ccc1OS(=O)(=O)c1ccc(C)cc1. The zero-order valence-corrected chi connectivity index (χ0v) is 22.7. The van der Waals surface area contributed by atoms with Crippen LogP contribution in [0.25, 0.3) is 16.9 Å². The summed E-state index contributed by atoms with van der Waals surface area (Å²) in [5, 5.41) is 5.41. The van der Waals surface area contributed by atoms with Crippen LogP contribution >= 0.6 is 11.6 Å². The fraction of sp³-hybridized carbons (Fsp3) is 0.0667. The molecule has 5 aromatic rings. The van der Waals surface area contributed by atoms with Crippen LogP contribution in [0.4, 0.5) is 5.82 Å². The van der Waals surface area contributed by atoms with Crippen molar-refractivity contribution in [1.82, 2.24) is 9.78 Å². The Labute approximate surface area is 232 Å². The predicted molar refractivity (Wildman–Crippen MR) is 153 cm³/mol. The van der Waals surface area contributed by atoms with Crippen LogP contribution in [0.15, 0.2) is 113 Å². The highest BCUT2D eigenvalue weighted by Crippen LogP contribution is 2.31. The largest absolute Gasteiger partial charge is 0.493 e. The summed E-state index contributed by atoms with van der Waals surface area (Å²) in [6.07, 6.45) is 1.66. The number of aryl methyl sites for hydroxylation is 1. The molecule has 0 saturated carbocycles. The molecule has 0 saturated heterocycles. The molecule has 0 unspecified atom stereocenters. The summed E-state index contributed by atoms with van der Waals surface area (Å²) in [5.74, 6) is 0.940. The highest BCUT2D eigenvalue weighted by Gasteiger charge is 2.19. The van der Waals surface area contributed by atoms with Gasteiger partial charge in [-0.1, -0.05) is 59.6 Å². The lowest BCUT2D eigenvalue weighted by Crippen LogP contribution is -2.10. The van der Waals surface area contributed by atoms with Crippen molar-refractivity contribution in [2.45, 2.75) is 11.8 Å². The molecule has 0 spiro atoms. The van der Waals surface area contributed by atoms with Gasteiger partial charge in [-0.25, -0.2) is 9.67 Å². The molecular formula is C30H24ClN3O4S. The molecule has 0 bridgehead atoms. The molecule has 196 valence electrons. The van der Waals surface area contributed by atoms with E-state index in [1.807, 2.05) is 67.6 Å². The van der Waals surface area contributed by atoms with Crippen molar-refractivity contribution >= 4 is 33.8 Å². The summed E-state index contributed by atoms with van der Waals surface area (Å²) in [7, 11) is -2.58. The molecular weight excluding hydrogens is 534 g/mol. The van der Waals surface area contributed by atoms with Crippen LogP contribution in [0.2, 0.25) is 5.02 Å². The van der Waals surface area contributed by atoms with Gasteiger partial charge in [-0.2, -0.15) is 13.5 Å². The van der Waals surface area contributed by atoms with Gasteiger partial charge < -0.3 is 8.92 Å². The van der Waals surface area contributed by atoms with Crippen molar-refractivity contribution < 1.29 is 17.3 Å². The van der Waals surface area contributed by atoms with Gasteiger partial charge in [-0.3, -0.25) is 0 Å². The Morgan fingerprint density at radius 2 is 1.59 bits per heavy atom. The van der Waals surface area contributed by atoms with Gasteiger partial charge in [0.15, 0.2) is 17.3 Å². The second-order valence-corrected chi connectivity index (χ2v) is 10.6. The third-order valence-electron chi connectivity index (χ3n) is 5.87. The fourth-order valence-electron chi connectivity index (χ4n) is 3.83. The molecule has 1 aromatic heterocycles. The number of ether oxygens (including phenoxy) is 1.